The number of rotatable bonds is 14. The molecule has 0 radical (unpaired) electrons. The minimum Gasteiger partial charge on any atom is -0.491 e. The van der Waals surface area contributed by atoms with Crippen molar-refractivity contribution in [2.24, 2.45) is 0 Å². The predicted molar refractivity (Wildman–Crippen MR) is 130 cm³/mol. The molecule has 0 bridgehead atoms. The average molecular weight is 485 g/mol. The Balaban J connectivity index is 1.89. The van der Waals surface area contributed by atoms with Crippen molar-refractivity contribution in [1.29, 1.82) is 0 Å². The van der Waals surface area contributed by atoms with Crippen LogP contribution in [-0.2, 0) is 24.5 Å². The quantitative estimate of drug-likeness (QED) is 0.311. The van der Waals surface area contributed by atoms with Gasteiger partial charge in [-0.2, -0.15) is 0 Å². The molecule has 0 amide bonds. The van der Waals surface area contributed by atoms with Gasteiger partial charge in [-0.25, -0.2) is 9.59 Å². The summed E-state index contributed by atoms with van der Waals surface area (Å²) in [4.78, 5) is 22.1. The first-order valence-electron chi connectivity index (χ1n) is 11.1. The van der Waals surface area contributed by atoms with Gasteiger partial charge in [0.05, 0.1) is 0 Å². The molecular formula is C27H32O8. The summed E-state index contributed by atoms with van der Waals surface area (Å²) in [5.41, 5.74) is 1.80. The first-order valence-corrected chi connectivity index (χ1v) is 11.1. The third-order valence-electron chi connectivity index (χ3n) is 5.21. The molecule has 0 aromatic heterocycles. The maximum atomic E-state index is 11.0. The van der Waals surface area contributed by atoms with E-state index in [1.807, 2.05) is 48.5 Å². The molecule has 0 spiro atoms. The summed E-state index contributed by atoms with van der Waals surface area (Å²) in [5, 5.41) is 19.7. The maximum Gasteiger partial charge on any atom is 0.330 e. The van der Waals surface area contributed by atoms with E-state index in [1.54, 1.807) is 0 Å². The molecule has 8 nitrogen and oxygen atoms in total. The molecule has 0 saturated carbocycles. The molecule has 8 heteroatoms. The lowest BCUT2D eigenvalue weighted by molar-refractivity contribution is -0.142. The van der Waals surface area contributed by atoms with Crippen molar-refractivity contribution in [3.05, 3.63) is 85.0 Å². The van der Waals surface area contributed by atoms with Gasteiger partial charge in [0.25, 0.3) is 0 Å². The van der Waals surface area contributed by atoms with Crippen LogP contribution < -0.4 is 9.47 Å². The van der Waals surface area contributed by atoms with E-state index >= 15 is 0 Å². The Bertz CT molecular complexity index is 900. The van der Waals surface area contributed by atoms with Crippen molar-refractivity contribution in [3.63, 3.8) is 0 Å². The number of ether oxygens (including phenoxy) is 4. The van der Waals surface area contributed by atoms with Gasteiger partial charge in [0, 0.05) is 17.6 Å². The lowest BCUT2D eigenvalue weighted by Gasteiger charge is -2.26. The van der Waals surface area contributed by atoms with Crippen LogP contribution in [0.15, 0.2) is 73.8 Å². The summed E-state index contributed by atoms with van der Waals surface area (Å²) in [6.07, 6.45) is 0.176. The van der Waals surface area contributed by atoms with E-state index in [0.717, 1.165) is 23.3 Å². The highest BCUT2D eigenvalue weighted by atomic mass is 16.6. The second-order valence-corrected chi connectivity index (χ2v) is 8.27. The van der Waals surface area contributed by atoms with Crippen LogP contribution in [-0.4, -0.2) is 60.8 Å². The number of benzene rings is 2. The minimum atomic E-state index is -0.945. The Kier molecular flexibility index (Phi) is 10.5. The van der Waals surface area contributed by atoms with E-state index in [4.69, 9.17) is 18.9 Å². The van der Waals surface area contributed by atoms with Crippen molar-refractivity contribution >= 4 is 11.9 Å². The first kappa shape index (κ1) is 27.6. The average Bonchev–Trinajstić information content (AvgIpc) is 2.88. The van der Waals surface area contributed by atoms with Gasteiger partial charge in [0.1, 0.15) is 50.1 Å². The second-order valence-electron chi connectivity index (χ2n) is 8.27. The summed E-state index contributed by atoms with van der Waals surface area (Å²) in [6, 6.07) is 15.1. The van der Waals surface area contributed by atoms with E-state index in [0.29, 0.717) is 11.5 Å². The predicted octanol–water partition coefficient (Wildman–Crippen LogP) is 2.95. The Morgan fingerprint density at radius 1 is 0.743 bits per heavy atom. The number of carbonyl (C=O) groups is 2. The van der Waals surface area contributed by atoms with E-state index in [-0.39, 0.29) is 31.8 Å². The van der Waals surface area contributed by atoms with Crippen LogP contribution in [0.5, 0.6) is 11.5 Å². The molecule has 35 heavy (non-hydrogen) atoms. The zero-order valence-corrected chi connectivity index (χ0v) is 20.0. The molecule has 0 aliphatic heterocycles. The van der Waals surface area contributed by atoms with Crippen LogP contribution in [0.3, 0.4) is 0 Å². The number of hydrogen-bond donors (Lipinski definition) is 2. The third-order valence-corrected chi connectivity index (χ3v) is 5.21. The van der Waals surface area contributed by atoms with Gasteiger partial charge in [0.15, 0.2) is 0 Å². The van der Waals surface area contributed by atoms with Crippen LogP contribution in [0.4, 0.5) is 0 Å². The largest absolute Gasteiger partial charge is 0.491 e. The molecule has 0 heterocycles. The fourth-order valence-corrected chi connectivity index (χ4v) is 3.06. The van der Waals surface area contributed by atoms with Crippen LogP contribution in [0, 0.1) is 0 Å². The number of hydrogen-bond acceptors (Lipinski definition) is 8. The Hall–Kier alpha value is -3.62. The zero-order valence-electron chi connectivity index (χ0n) is 20.0. The summed E-state index contributed by atoms with van der Waals surface area (Å²) < 4.78 is 20.7. The summed E-state index contributed by atoms with van der Waals surface area (Å²) >= 11 is 0. The van der Waals surface area contributed by atoms with Crippen LogP contribution >= 0.6 is 0 Å². The van der Waals surface area contributed by atoms with Crippen molar-refractivity contribution in [2.45, 2.75) is 31.5 Å². The number of aliphatic hydroxyl groups is 2. The van der Waals surface area contributed by atoms with Crippen molar-refractivity contribution < 1.29 is 38.7 Å². The molecule has 0 aliphatic rings. The first-order chi connectivity index (χ1) is 16.6. The number of aliphatic hydroxyl groups excluding tert-OH is 2. The summed E-state index contributed by atoms with van der Waals surface area (Å²) in [6.45, 7) is 10.4. The fourth-order valence-electron chi connectivity index (χ4n) is 3.06. The lowest BCUT2D eigenvalue weighted by atomic mass is 9.78. The molecule has 2 aromatic rings. The highest BCUT2D eigenvalue weighted by Crippen LogP contribution is 2.33. The standard InChI is InChI=1S/C27H32O8/c1-5-25(30)34-17-21(28)15-32-23-11-7-19(8-12-23)27(3,4)20-9-13-24(14-10-20)33-16-22(29)18-35-26(31)6-2/h5-14,21-22,28-29H,1-2,15-18H2,3-4H3/t21-,22-/m1/s1. The molecule has 2 atom stereocenters. The SMILES string of the molecule is C=CC(=O)OC[C@H](O)COc1ccc(C(C)(C)c2ccc(OC[C@@H](O)COC(=O)C=C)cc2)cc1. The molecule has 0 aliphatic carbocycles. The normalized spacial score (nSPS) is 12.7. The van der Waals surface area contributed by atoms with Gasteiger partial charge in [-0.1, -0.05) is 51.3 Å². The highest BCUT2D eigenvalue weighted by Gasteiger charge is 2.23. The Morgan fingerprint density at radius 3 is 1.40 bits per heavy atom. The monoisotopic (exact) mass is 484 g/mol. The molecule has 188 valence electrons. The summed E-state index contributed by atoms with van der Waals surface area (Å²) in [5.74, 6) is -0.0295. The molecule has 0 unspecified atom stereocenters. The van der Waals surface area contributed by atoms with E-state index in [2.05, 4.69) is 27.0 Å². The lowest BCUT2D eigenvalue weighted by Crippen LogP contribution is -2.25. The molecule has 2 N–H and O–H groups in total. The minimum absolute atomic E-state index is 0.0139. The van der Waals surface area contributed by atoms with Gasteiger partial charge in [0.2, 0.25) is 0 Å². The topological polar surface area (TPSA) is 112 Å². The van der Waals surface area contributed by atoms with Crippen molar-refractivity contribution in [1.82, 2.24) is 0 Å². The van der Waals surface area contributed by atoms with E-state index in [1.165, 1.54) is 0 Å². The van der Waals surface area contributed by atoms with E-state index < -0.39 is 24.1 Å². The maximum absolute atomic E-state index is 11.0. The molecule has 0 saturated heterocycles. The van der Waals surface area contributed by atoms with Crippen LogP contribution in [0.25, 0.3) is 0 Å². The summed E-state index contributed by atoms with van der Waals surface area (Å²) in [7, 11) is 0. The third kappa shape index (κ3) is 8.92. The number of esters is 2. The zero-order chi connectivity index (χ0) is 25.8. The van der Waals surface area contributed by atoms with Gasteiger partial charge in [-0.3, -0.25) is 0 Å². The number of carbonyl (C=O) groups excluding carboxylic acids is 2. The van der Waals surface area contributed by atoms with Crippen molar-refractivity contribution in [3.8, 4) is 11.5 Å². The van der Waals surface area contributed by atoms with Gasteiger partial charge in [-0.05, 0) is 35.4 Å². The molecule has 0 fully saturated rings. The van der Waals surface area contributed by atoms with Gasteiger partial charge >= 0.3 is 11.9 Å². The molecule has 2 rings (SSSR count). The Labute approximate surface area is 205 Å². The fraction of sp³-hybridized carbons (Fsp3) is 0.333. The smallest absolute Gasteiger partial charge is 0.330 e. The van der Waals surface area contributed by atoms with Crippen LogP contribution in [0.2, 0.25) is 0 Å². The van der Waals surface area contributed by atoms with Gasteiger partial charge in [-0.15, -0.1) is 0 Å². The van der Waals surface area contributed by atoms with Crippen molar-refractivity contribution in [2.75, 3.05) is 26.4 Å². The van der Waals surface area contributed by atoms with Crippen LogP contribution in [0.1, 0.15) is 25.0 Å². The molecular weight excluding hydrogens is 452 g/mol. The Morgan fingerprint density at radius 2 is 1.09 bits per heavy atom. The van der Waals surface area contributed by atoms with Gasteiger partial charge < -0.3 is 29.2 Å². The second kappa shape index (κ2) is 13.3. The van der Waals surface area contributed by atoms with E-state index in [9.17, 15) is 19.8 Å². The molecule has 2 aromatic carbocycles. The highest BCUT2D eigenvalue weighted by molar-refractivity contribution is 5.81.